The van der Waals surface area contributed by atoms with Crippen molar-refractivity contribution in [1.29, 1.82) is 0 Å². The van der Waals surface area contributed by atoms with E-state index in [4.69, 9.17) is 9.72 Å². The molecule has 3 heterocycles. The van der Waals surface area contributed by atoms with Crippen molar-refractivity contribution in [3.05, 3.63) is 47.5 Å². The number of ether oxygens (including phenoxy) is 1. The fourth-order valence-electron chi connectivity index (χ4n) is 5.11. The molecular weight excluding hydrogens is 411 g/mol. The first-order chi connectivity index (χ1) is 15.4. The maximum Gasteiger partial charge on any atom is 0.306 e. The summed E-state index contributed by atoms with van der Waals surface area (Å²) in [6.07, 6.45) is 3.77. The third kappa shape index (κ3) is 3.13. The second-order valence-electron chi connectivity index (χ2n) is 8.82. The molecule has 0 amide bonds. The molecule has 0 bridgehead atoms. The van der Waals surface area contributed by atoms with Gasteiger partial charge in [-0.05, 0) is 49.3 Å². The molecule has 2 N–H and O–H groups in total. The summed E-state index contributed by atoms with van der Waals surface area (Å²) >= 11 is 0. The van der Waals surface area contributed by atoms with Crippen LogP contribution >= 0.6 is 0 Å². The molecule has 2 atom stereocenters. The van der Waals surface area contributed by atoms with E-state index in [2.05, 4.69) is 28.6 Å². The van der Waals surface area contributed by atoms with Crippen molar-refractivity contribution in [2.75, 3.05) is 7.11 Å². The molecule has 0 spiro atoms. The van der Waals surface area contributed by atoms with Crippen LogP contribution in [0.25, 0.3) is 27.8 Å². The number of carboxylic acids is 1. The molecule has 1 unspecified atom stereocenters. The predicted molar refractivity (Wildman–Crippen MR) is 119 cm³/mol. The smallest absolute Gasteiger partial charge is 0.306 e. The Hall–Kier alpha value is -3.42. The van der Waals surface area contributed by atoms with Gasteiger partial charge >= 0.3 is 5.97 Å². The SMILES string of the molecule is COc1cc(-n2c(C(C)C)c([C@@H]3CCC(C(=O)O)C3)c3nc4[nH]ncc4cc32)ccc1F. The van der Waals surface area contributed by atoms with Gasteiger partial charge in [-0.1, -0.05) is 13.8 Å². The highest BCUT2D eigenvalue weighted by Crippen LogP contribution is 2.46. The van der Waals surface area contributed by atoms with Crippen LogP contribution in [0.4, 0.5) is 4.39 Å². The van der Waals surface area contributed by atoms with Crippen LogP contribution in [0.1, 0.15) is 56.2 Å². The third-order valence-electron chi connectivity index (χ3n) is 6.55. The van der Waals surface area contributed by atoms with Crippen LogP contribution in [0.2, 0.25) is 0 Å². The maximum absolute atomic E-state index is 14.2. The van der Waals surface area contributed by atoms with Crippen molar-refractivity contribution in [1.82, 2.24) is 19.7 Å². The fourth-order valence-corrected chi connectivity index (χ4v) is 5.11. The van der Waals surface area contributed by atoms with Crippen LogP contribution in [0.15, 0.2) is 30.5 Å². The predicted octanol–water partition coefficient (Wildman–Crippen LogP) is 5.14. The van der Waals surface area contributed by atoms with Gasteiger partial charge in [0, 0.05) is 28.4 Å². The van der Waals surface area contributed by atoms with E-state index in [9.17, 15) is 14.3 Å². The lowest BCUT2D eigenvalue weighted by Gasteiger charge is -2.18. The number of hydrogen-bond acceptors (Lipinski definition) is 4. The lowest BCUT2D eigenvalue weighted by molar-refractivity contribution is -0.141. The summed E-state index contributed by atoms with van der Waals surface area (Å²) in [5.74, 6) is -1.11. The Labute approximate surface area is 184 Å². The van der Waals surface area contributed by atoms with E-state index in [1.165, 1.54) is 13.2 Å². The van der Waals surface area contributed by atoms with Gasteiger partial charge < -0.3 is 14.4 Å². The average Bonchev–Trinajstić information content (AvgIpc) is 3.49. The number of halogens is 1. The Morgan fingerprint density at radius 2 is 2.12 bits per heavy atom. The van der Waals surface area contributed by atoms with Gasteiger partial charge in [-0.3, -0.25) is 9.89 Å². The Kier molecular flexibility index (Phi) is 4.87. The Morgan fingerprint density at radius 1 is 1.31 bits per heavy atom. The number of aromatic nitrogens is 4. The topological polar surface area (TPSA) is 93.0 Å². The molecule has 1 saturated carbocycles. The van der Waals surface area contributed by atoms with Crippen molar-refractivity contribution in [2.24, 2.45) is 5.92 Å². The number of carboxylic acid groups (broad SMARTS) is 1. The number of benzene rings is 1. The van der Waals surface area contributed by atoms with E-state index in [1.807, 2.05) is 6.07 Å². The molecule has 7 nitrogen and oxygen atoms in total. The lowest BCUT2D eigenvalue weighted by atomic mass is 9.91. The first-order valence-corrected chi connectivity index (χ1v) is 10.8. The maximum atomic E-state index is 14.2. The first-order valence-electron chi connectivity index (χ1n) is 10.8. The first kappa shape index (κ1) is 20.5. The number of nitrogens with one attached hydrogen (secondary N) is 1. The van der Waals surface area contributed by atoms with Crippen LogP contribution in [0.3, 0.4) is 0 Å². The number of fused-ring (bicyclic) bond motifs is 2. The van der Waals surface area contributed by atoms with Crippen LogP contribution < -0.4 is 4.74 Å². The van der Waals surface area contributed by atoms with Crippen molar-refractivity contribution in [3.8, 4) is 11.4 Å². The minimum atomic E-state index is -0.741. The zero-order chi connectivity index (χ0) is 22.6. The number of aromatic amines is 1. The van der Waals surface area contributed by atoms with Gasteiger partial charge in [-0.25, -0.2) is 9.37 Å². The monoisotopic (exact) mass is 436 g/mol. The van der Waals surface area contributed by atoms with Gasteiger partial charge in [-0.15, -0.1) is 0 Å². The van der Waals surface area contributed by atoms with E-state index in [-0.39, 0.29) is 23.5 Å². The second-order valence-corrected chi connectivity index (χ2v) is 8.82. The Morgan fingerprint density at radius 3 is 2.81 bits per heavy atom. The molecule has 0 aliphatic heterocycles. The molecule has 8 heteroatoms. The van der Waals surface area contributed by atoms with Crippen molar-refractivity contribution in [3.63, 3.8) is 0 Å². The zero-order valence-electron chi connectivity index (χ0n) is 18.2. The molecule has 1 aliphatic carbocycles. The fraction of sp³-hybridized carbons (Fsp3) is 0.375. The third-order valence-corrected chi connectivity index (χ3v) is 6.55. The van der Waals surface area contributed by atoms with Crippen LogP contribution in [0, 0.1) is 11.7 Å². The molecule has 5 rings (SSSR count). The van der Waals surface area contributed by atoms with Crippen molar-refractivity contribution < 1.29 is 19.0 Å². The van der Waals surface area contributed by atoms with Gasteiger partial charge in [0.05, 0.1) is 30.3 Å². The lowest BCUT2D eigenvalue weighted by Crippen LogP contribution is -2.10. The summed E-state index contributed by atoms with van der Waals surface area (Å²) in [4.78, 5) is 16.6. The second kappa shape index (κ2) is 7.62. The average molecular weight is 436 g/mol. The largest absolute Gasteiger partial charge is 0.494 e. The summed E-state index contributed by atoms with van der Waals surface area (Å²) < 4.78 is 21.5. The summed E-state index contributed by atoms with van der Waals surface area (Å²) in [7, 11) is 1.45. The number of H-pyrrole nitrogens is 1. The van der Waals surface area contributed by atoms with Gasteiger partial charge in [0.25, 0.3) is 0 Å². The highest BCUT2D eigenvalue weighted by molar-refractivity contribution is 5.93. The molecule has 32 heavy (non-hydrogen) atoms. The van der Waals surface area contributed by atoms with Gasteiger partial charge in [-0.2, -0.15) is 5.10 Å². The quantitative estimate of drug-likeness (QED) is 0.452. The molecule has 0 radical (unpaired) electrons. The minimum absolute atomic E-state index is 0.0902. The Bertz CT molecular complexity index is 1340. The van der Waals surface area contributed by atoms with E-state index in [0.29, 0.717) is 18.5 Å². The summed E-state index contributed by atoms with van der Waals surface area (Å²) in [6, 6.07) is 6.87. The van der Waals surface area contributed by atoms with E-state index >= 15 is 0 Å². The summed E-state index contributed by atoms with van der Waals surface area (Å²) in [6.45, 7) is 4.23. The van der Waals surface area contributed by atoms with Gasteiger partial charge in [0.15, 0.2) is 17.2 Å². The summed E-state index contributed by atoms with van der Waals surface area (Å²) in [5.41, 5.74) is 5.35. The Balaban J connectivity index is 1.83. The molecule has 1 aromatic carbocycles. The van der Waals surface area contributed by atoms with Crippen LogP contribution in [-0.4, -0.2) is 37.9 Å². The number of carbonyl (C=O) groups is 1. The highest BCUT2D eigenvalue weighted by Gasteiger charge is 2.36. The minimum Gasteiger partial charge on any atom is -0.494 e. The van der Waals surface area contributed by atoms with E-state index < -0.39 is 11.8 Å². The number of hydrogen-bond donors (Lipinski definition) is 2. The normalized spacial score (nSPS) is 18.8. The van der Waals surface area contributed by atoms with Gasteiger partial charge in [0.1, 0.15) is 0 Å². The molecule has 1 fully saturated rings. The molecular formula is C24H25FN4O3. The van der Waals surface area contributed by atoms with Crippen molar-refractivity contribution in [2.45, 2.75) is 44.9 Å². The van der Waals surface area contributed by atoms with E-state index in [1.54, 1.807) is 18.3 Å². The number of rotatable bonds is 5. The summed E-state index contributed by atoms with van der Waals surface area (Å²) in [5, 5.41) is 17.5. The number of pyridine rings is 1. The standard InChI is InChI=1S/C24H25FN4O3/c1-12(2)22-20(13-4-5-14(8-13)24(30)31)21-18(9-15-11-26-28-23(15)27-21)29(22)16-6-7-17(25)19(10-16)32-3/h6-7,9-14H,4-5,8H2,1-3H3,(H,30,31)(H,26,27,28)/t13-,14?/m1/s1. The highest BCUT2D eigenvalue weighted by atomic mass is 19.1. The van der Waals surface area contributed by atoms with Crippen molar-refractivity contribution >= 4 is 28.0 Å². The molecule has 166 valence electrons. The molecule has 1 aliphatic rings. The van der Waals surface area contributed by atoms with Crippen LogP contribution in [-0.2, 0) is 4.79 Å². The molecule has 0 saturated heterocycles. The van der Waals surface area contributed by atoms with E-state index in [0.717, 1.165) is 39.8 Å². The zero-order valence-corrected chi connectivity index (χ0v) is 18.2. The number of nitrogens with zero attached hydrogens (tertiary/aromatic N) is 3. The van der Waals surface area contributed by atoms with Gasteiger partial charge in [0.2, 0.25) is 0 Å². The number of aliphatic carboxylic acids is 1. The molecule has 3 aromatic heterocycles. The number of methoxy groups -OCH3 is 1. The molecule has 4 aromatic rings. The van der Waals surface area contributed by atoms with Crippen LogP contribution in [0.5, 0.6) is 5.75 Å².